The van der Waals surface area contributed by atoms with Crippen LogP contribution in [0.15, 0.2) is 0 Å². The van der Waals surface area contributed by atoms with Gasteiger partial charge in [-0.05, 0) is 6.92 Å². The first-order valence-electron chi connectivity index (χ1n) is 3.78. The minimum absolute atomic E-state index is 0.116. The summed E-state index contributed by atoms with van der Waals surface area (Å²) in [6.07, 6.45) is -1.13. The Kier molecular flexibility index (Phi) is 12.6. The fourth-order valence-corrected chi connectivity index (χ4v) is 0.260. The van der Waals surface area contributed by atoms with Crippen molar-refractivity contribution in [2.24, 2.45) is 5.73 Å². The number of nitrogens with two attached hydrogens (primary N) is 1. The number of ether oxygens (including phenoxy) is 2. The van der Waals surface area contributed by atoms with E-state index in [0.717, 1.165) is 0 Å². The first-order chi connectivity index (χ1) is 6.04. The van der Waals surface area contributed by atoms with Gasteiger partial charge in [0.25, 0.3) is 0 Å². The molecule has 0 aromatic heterocycles. The maximum Gasteiger partial charge on any atom is 0.404 e. The van der Waals surface area contributed by atoms with Gasteiger partial charge >= 0.3 is 6.09 Å². The van der Waals surface area contributed by atoms with E-state index in [0.29, 0.717) is 13.2 Å². The molecule has 13 heavy (non-hydrogen) atoms. The zero-order valence-electron chi connectivity index (χ0n) is 8.24. The molecule has 0 aliphatic rings. The third-order valence-corrected chi connectivity index (χ3v) is 0.954. The predicted octanol–water partition coefficient (Wildman–Crippen LogP) is -0.162. The van der Waals surface area contributed by atoms with E-state index in [4.69, 9.17) is 10.8 Å². The average Bonchev–Trinajstić information content (AvgIpc) is 2.05. The Morgan fingerprint density at radius 3 is 2.31 bits per heavy atom. The molecule has 1 unspecified atom stereocenters. The molecule has 1 amide bonds. The monoisotopic (exact) mass is 194 g/mol. The van der Waals surface area contributed by atoms with Gasteiger partial charge < -0.3 is 25.6 Å². The number of rotatable bonds is 4. The number of carboxylic acid groups (broad SMARTS) is 1. The highest BCUT2D eigenvalue weighted by molar-refractivity contribution is 5.64. The molecular formula is C7H18N2O4. The molecule has 6 heteroatoms. The summed E-state index contributed by atoms with van der Waals surface area (Å²) in [4.78, 5) is 9.71. The van der Waals surface area contributed by atoms with Gasteiger partial charge in [0.1, 0.15) is 6.23 Å². The maximum atomic E-state index is 9.71. The largest absolute Gasteiger partial charge is 0.465 e. The molecule has 0 saturated carbocycles. The van der Waals surface area contributed by atoms with Gasteiger partial charge in [-0.3, -0.25) is 0 Å². The lowest BCUT2D eigenvalue weighted by Crippen LogP contribution is -2.24. The number of carbonyl (C=O) groups is 1. The van der Waals surface area contributed by atoms with Crippen molar-refractivity contribution in [2.45, 2.75) is 13.2 Å². The van der Waals surface area contributed by atoms with Gasteiger partial charge in [-0.15, -0.1) is 0 Å². The summed E-state index contributed by atoms with van der Waals surface area (Å²) in [5.74, 6) is 0. The van der Waals surface area contributed by atoms with Crippen LogP contribution in [0.1, 0.15) is 6.92 Å². The van der Waals surface area contributed by atoms with Crippen LogP contribution in [0.25, 0.3) is 0 Å². The molecule has 0 spiro atoms. The molecule has 0 radical (unpaired) electrons. The first kappa shape index (κ1) is 14.7. The Balaban J connectivity index is 0. The number of amides is 1. The number of hydrogen-bond acceptors (Lipinski definition) is 4. The highest BCUT2D eigenvalue weighted by Crippen LogP contribution is 1.67. The lowest BCUT2D eigenvalue weighted by Gasteiger charge is -1.96. The molecule has 0 aliphatic heterocycles. The van der Waals surface area contributed by atoms with Gasteiger partial charge in [0.2, 0.25) is 0 Å². The molecule has 80 valence electrons. The van der Waals surface area contributed by atoms with Crippen LogP contribution in [0.4, 0.5) is 4.79 Å². The van der Waals surface area contributed by atoms with Gasteiger partial charge in [-0.2, -0.15) is 0 Å². The Labute approximate surface area is 78.0 Å². The van der Waals surface area contributed by atoms with Crippen LogP contribution in [-0.2, 0) is 9.47 Å². The second-order valence-corrected chi connectivity index (χ2v) is 2.17. The summed E-state index contributed by atoms with van der Waals surface area (Å²) in [6.45, 7) is 2.55. The van der Waals surface area contributed by atoms with Crippen molar-refractivity contribution < 1.29 is 19.4 Å². The van der Waals surface area contributed by atoms with E-state index in [1.54, 1.807) is 14.0 Å². The average molecular weight is 194 g/mol. The Hall–Kier alpha value is -0.850. The zero-order valence-corrected chi connectivity index (χ0v) is 8.24. The molecule has 0 aromatic carbocycles. The Bertz CT molecular complexity index is 119. The van der Waals surface area contributed by atoms with Crippen LogP contribution < -0.4 is 11.1 Å². The molecule has 0 heterocycles. The van der Waals surface area contributed by atoms with Crippen molar-refractivity contribution in [1.29, 1.82) is 0 Å². The second-order valence-electron chi connectivity index (χ2n) is 2.17. The summed E-state index contributed by atoms with van der Waals surface area (Å²) >= 11 is 0. The molecule has 0 aromatic rings. The van der Waals surface area contributed by atoms with Crippen molar-refractivity contribution in [3.8, 4) is 0 Å². The van der Waals surface area contributed by atoms with Crippen molar-refractivity contribution in [3.05, 3.63) is 0 Å². The minimum atomic E-state index is -1.01. The van der Waals surface area contributed by atoms with Gasteiger partial charge in [-0.1, -0.05) is 0 Å². The number of hydrogen-bond donors (Lipinski definition) is 3. The smallest absolute Gasteiger partial charge is 0.404 e. The van der Waals surface area contributed by atoms with E-state index >= 15 is 0 Å². The van der Waals surface area contributed by atoms with Gasteiger partial charge in [0.05, 0.1) is 6.61 Å². The molecule has 1 atom stereocenters. The summed E-state index contributed by atoms with van der Waals surface area (Å²) in [6, 6.07) is 0. The third-order valence-electron chi connectivity index (χ3n) is 0.954. The van der Waals surface area contributed by atoms with Crippen LogP contribution in [0, 0.1) is 0 Å². The molecule has 0 aliphatic carbocycles. The van der Waals surface area contributed by atoms with Crippen molar-refractivity contribution in [1.82, 2.24) is 5.32 Å². The highest BCUT2D eigenvalue weighted by atomic mass is 16.5. The van der Waals surface area contributed by atoms with E-state index in [9.17, 15) is 4.79 Å². The lowest BCUT2D eigenvalue weighted by atomic mass is 10.7. The summed E-state index contributed by atoms with van der Waals surface area (Å²) in [5, 5.41) is 10.1. The zero-order chi connectivity index (χ0) is 10.7. The fourth-order valence-electron chi connectivity index (χ4n) is 0.260. The molecular weight excluding hydrogens is 176 g/mol. The molecule has 0 rings (SSSR count). The van der Waals surface area contributed by atoms with Crippen molar-refractivity contribution >= 4 is 6.09 Å². The van der Waals surface area contributed by atoms with Crippen LogP contribution >= 0.6 is 0 Å². The predicted molar refractivity (Wildman–Crippen MR) is 48.6 cm³/mol. The summed E-state index contributed by atoms with van der Waals surface area (Å²) < 4.78 is 9.09. The van der Waals surface area contributed by atoms with Gasteiger partial charge in [0.15, 0.2) is 0 Å². The molecule has 6 nitrogen and oxygen atoms in total. The topological polar surface area (TPSA) is 93.8 Å². The van der Waals surface area contributed by atoms with E-state index in [1.807, 2.05) is 0 Å². The van der Waals surface area contributed by atoms with E-state index in [-0.39, 0.29) is 6.23 Å². The standard InChI is InChI=1S/C4H9NO3.C3H9NO/c1-8-3-2-5-4(6)7;1-3(4)5-2/h5H,2-3H2,1H3,(H,6,7);3H,4H2,1-2H3. The van der Waals surface area contributed by atoms with E-state index in [2.05, 4.69) is 14.8 Å². The number of methoxy groups -OCH3 is 2. The van der Waals surface area contributed by atoms with Crippen LogP contribution in [0.2, 0.25) is 0 Å². The molecule has 0 fully saturated rings. The molecule has 0 bridgehead atoms. The van der Waals surface area contributed by atoms with E-state index in [1.165, 1.54) is 7.11 Å². The normalized spacial score (nSPS) is 11.1. The Morgan fingerprint density at radius 1 is 1.62 bits per heavy atom. The lowest BCUT2D eigenvalue weighted by molar-refractivity contribution is 0.124. The summed E-state index contributed by atoms with van der Waals surface area (Å²) in [5.41, 5.74) is 5.07. The minimum Gasteiger partial charge on any atom is -0.465 e. The SMILES string of the molecule is COC(C)N.COCCNC(=O)O. The molecule has 0 saturated heterocycles. The van der Waals surface area contributed by atoms with Crippen LogP contribution in [-0.4, -0.2) is 44.8 Å². The first-order valence-corrected chi connectivity index (χ1v) is 3.78. The van der Waals surface area contributed by atoms with Crippen LogP contribution in [0.3, 0.4) is 0 Å². The Morgan fingerprint density at radius 2 is 2.08 bits per heavy atom. The highest BCUT2D eigenvalue weighted by Gasteiger charge is 1.89. The second kappa shape index (κ2) is 11.2. The van der Waals surface area contributed by atoms with Gasteiger partial charge in [0, 0.05) is 20.8 Å². The van der Waals surface area contributed by atoms with Crippen molar-refractivity contribution in [2.75, 3.05) is 27.4 Å². The van der Waals surface area contributed by atoms with Gasteiger partial charge in [-0.25, -0.2) is 4.79 Å². The van der Waals surface area contributed by atoms with E-state index < -0.39 is 6.09 Å². The molecule has 4 N–H and O–H groups in total. The fraction of sp³-hybridized carbons (Fsp3) is 0.857. The van der Waals surface area contributed by atoms with Crippen LogP contribution in [0.5, 0.6) is 0 Å². The van der Waals surface area contributed by atoms with Crippen molar-refractivity contribution in [3.63, 3.8) is 0 Å². The summed E-state index contributed by atoms with van der Waals surface area (Å²) in [7, 11) is 3.09. The quantitative estimate of drug-likeness (QED) is 0.427. The maximum absolute atomic E-state index is 9.71. The third kappa shape index (κ3) is 24.7. The number of nitrogens with one attached hydrogen (secondary N) is 1.